The summed E-state index contributed by atoms with van der Waals surface area (Å²) in [6, 6.07) is 0. The third-order valence-corrected chi connectivity index (χ3v) is 9.89. The van der Waals surface area contributed by atoms with Gasteiger partial charge in [-0.25, -0.2) is 9.13 Å². The normalized spacial score (nSPS) is 15.1. The van der Waals surface area contributed by atoms with E-state index in [9.17, 15) is 28.7 Å². The highest BCUT2D eigenvalue weighted by molar-refractivity contribution is 7.47. The molecule has 0 spiro atoms. The van der Waals surface area contributed by atoms with Crippen LogP contribution in [-0.2, 0) is 41.8 Å². The Labute approximate surface area is 301 Å². The van der Waals surface area contributed by atoms with Gasteiger partial charge in [-0.15, -0.1) is 0 Å². The number of phosphoric acid groups is 2. The van der Waals surface area contributed by atoms with E-state index in [-0.39, 0.29) is 19.4 Å². The maximum Gasteiger partial charge on any atom is 0.472 e. The third-order valence-electron chi connectivity index (χ3n) is 8.45. The van der Waals surface area contributed by atoms with Gasteiger partial charge in [0.2, 0.25) is 0 Å². The van der Waals surface area contributed by atoms with Crippen molar-refractivity contribution in [3.63, 3.8) is 0 Å². The largest absolute Gasteiger partial charge is 0.472 e. The third kappa shape index (κ3) is 34.2. The summed E-state index contributed by atoms with van der Waals surface area (Å²) < 4.78 is 47.5. The molecule has 0 aromatic carbocycles. The van der Waals surface area contributed by atoms with E-state index in [0.717, 1.165) is 44.4 Å². The van der Waals surface area contributed by atoms with Crippen LogP contribution in [0.25, 0.3) is 0 Å². The second kappa shape index (κ2) is 30.6. The number of rotatable bonds is 35. The predicted octanol–water partition coefficient (Wildman–Crippen LogP) is 8.55. The Hall–Kier alpha value is -0.880. The number of carbonyl (C=O) groups is 2. The van der Waals surface area contributed by atoms with Gasteiger partial charge in [0, 0.05) is 12.8 Å². The second-order valence-corrected chi connectivity index (χ2v) is 16.6. The molecule has 0 aliphatic heterocycles. The first-order valence-electron chi connectivity index (χ1n) is 19.0. The molecule has 0 fully saturated rings. The van der Waals surface area contributed by atoms with Gasteiger partial charge < -0.3 is 29.3 Å². The van der Waals surface area contributed by atoms with Gasteiger partial charge in [0.05, 0.1) is 19.8 Å². The zero-order chi connectivity index (χ0) is 37.7. The van der Waals surface area contributed by atoms with Crippen LogP contribution in [0.3, 0.4) is 0 Å². The van der Waals surface area contributed by atoms with Crippen molar-refractivity contribution in [2.45, 2.75) is 175 Å². The van der Waals surface area contributed by atoms with E-state index in [4.69, 9.17) is 23.8 Å². The molecular formula is C35H70O13P2. The van der Waals surface area contributed by atoms with Crippen LogP contribution in [0, 0.1) is 11.8 Å². The molecule has 0 aromatic rings. The predicted molar refractivity (Wildman–Crippen MR) is 193 cm³/mol. The molecular weight excluding hydrogens is 690 g/mol. The van der Waals surface area contributed by atoms with E-state index >= 15 is 0 Å². The van der Waals surface area contributed by atoms with Gasteiger partial charge in [0.1, 0.15) is 12.7 Å². The molecule has 0 amide bonds. The van der Waals surface area contributed by atoms with E-state index in [0.29, 0.717) is 18.8 Å². The van der Waals surface area contributed by atoms with Gasteiger partial charge in [-0.05, 0) is 24.7 Å². The molecule has 13 nitrogen and oxygen atoms in total. The molecule has 0 saturated heterocycles. The highest BCUT2D eigenvalue weighted by Crippen LogP contribution is 2.43. The number of unbranched alkanes of at least 4 members (excludes halogenated alkanes) is 14. The Morgan fingerprint density at radius 2 is 1.02 bits per heavy atom. The molecule has 0 aliphatic rings. The fourth-order valence-corrected chi connectivity index (χ4v) is 6.31. The van der Waals surface area contributed by atoms with Gasteiger partial charge in [-0.1, -0.05) is 137 Å². The summed E-state index contributed by atoms with van der Waals surface area (Å²) in [5.74, 6) is 0.494. The molecule has 4 atom stereocenters. The molecule has 0 bridgehead atoms. The second-order valence-electron chi connectivity index (χ2n) is 13.9. The van der Waals surface area contributed by atoms with Crippen molar-refractivity contribution in [2.24, 2.45) is 11.8 Å². The molecule has 0 heterocycles. The van der Waals surface area contributed by atoms with Crippen molar-refractivity contribution in [3.8, 4) is 0 Å². The van der Waals surface area contributed by atoms with Gasteiger partial charge in [0.25, 0.3) is 0 Å². The highest BCUT2D eigenvalue weighted by atomic mass is 31.2. The monoisotopic (exact) mass is 760 g/mol. The van der Waals surface area contributed by atoms with Crippen LogP contribution in [0.15, 0.2) is 0 Å². The number of phosphoric ester groups is 2. The topological polar surface area (TPSA) is 195 Å². The molecule has 0 rings (SSSR count). The zero-order valence-corrected chi connectivity index (χ0v) is 33.1. The van der Waals surface area contributed by atoms with E-state index in [1.165, 1.54) is 70.6 Å². The van der Waals surface area contributed by atoms with Crippen molar-refractivity contribution in [2.75, 3.05) is 26.4 Å². The van der Waals surface area contributed by atoms with Crippen LogP contribution in [0.1, 0.15) is 163 Å². The maximum atomic E-state index is 12.6. The van der Waals surface area contributed by atoms with E-state index < -0.39 is 59.6 Å². The quantitative estimate of drug-likeness (QED) is 0.0273. The number of aliphatic hydroxyl groups is 1. The summed E-state index contributed by atoms with van der Waals surface area (Å²) in [6.45, 7) is 6.29. The van der Waals surface area contributed by atoms with Crippen LogP contribution >= 0.6 is 15.6 Å². The van der Waals surface area contributed by atoms with Crippen molar-refractivity contribution in [3.05, 3.63) is 0 Å². The standard InChI is InChI=1S/C35H70O13P2/c1-5-31(4)23-19-15-10-8-6-7-9-11-17-21-25-35(38)48-33(28-44-34(37)24-20-16-13-12-14-18-22-30(2)3)29-47-50(42,43)46-27-32(36)26-45-49(39,40)41/h30-33,36H,5-29H2,1-4H3,(H,42,43)(H2,39,40,41)/t31?,32-,33+/m0/s1. The summed E-state index contributed by atoms with van der Waals surface area (Å²) in [7, 11) is -9.64. The lowest BCUT2D eigenvalue weighted by atomic mass is 9.99. The first-order chi connectivity index (χ1) is 23.6. The van der Waals surface area contributed by atoms with Crippen molar-refractivity contribution >= 4 is 27.6 Å². The van der Waals surface area contributed by atoms with Crippen LogP contribution < -0.4 is 0 Å². The van der Waals surface area contributed by atoms with Gasteiger partial charge in [0.15, 0.2) is 6.10 Å². The molecule has 50 heavy (non-hydrogen) atoms. The lowest BCUT2D eigenvalue weighted by molar-refractivity contribution is -0.161. The average Bonchev–Trinajstić information content (AvgIpc) is 3.05. The first kappa shape index (κ1) is 49.1. The van der Waals surface area contributed by atoms with Gasteiger partial charge >= 0.3 is 27.6 Å². The average molecular weight is 761 g/mol. The van der Waals surface area contributed by atoms with Crippen molar-refractivity contribution in [1.29, 1.82) is 0 Å². The number of hydrogen-bond donors (Lipinski definition) is 4. The summed E-state index contributed by atoms with van der Waals surface area (Å²) in [4.78, 5) is 52.3. The van der Waals surface area contributed by atoms with Crippen molar-refractivity contribution in [1.82, 2.24) is 0 Å². The Balaban J connectivity index is 4.57. The minimum Gasteiger partial charge on any atom is -0.462 e. The number of carbonyl (C=O) groups excluding carboxylic acids is 2. The Bertz CT molecular complexity index is 944. The molecule has 0 aromatic heterocycles. The molecule has 0 aliphatic carbocycles. The lowest BCUT2D eigenvalue weighted by Crippen LogP contribution is -2.30. The lowest BCUT2D eigenvalue weighted by Gasteiger charge is -2.20. The summed E-state index contributed by atoms with van der Waals surface area (Å²) in [5, 5.41) is 9.70. The van der Waals surface area contributed by atoms with Crippen LogP contribution in [0.4, 0.5) is 0 Å². The van der Waals surface area contributed by atoms with Gasteiger partial charge in [-0.3, -0.25) is 23.2 Å². The smallest absolute Gasteiger partial charge is 0.462 e. The molecule has 0 saturated carbocycles. The first-order valence-corrected chi connectivity index (χ1v) is 22.0. The number of esters is 2. The van der Waals surface area contributed by atoms with E-state index in [1.807, 2.05) is 0 Å². The molecule has 0 radical (unpaired) electrons. The molecule has 2 unspecified atom stereocenters. The van der Waals surface area contributed by atoms with Crippen LogP contribution in [-0.4, -0.2) is 70.4 Å². The minimum absolute atomic E-state index is 0.136. The molecule has 298 valence electrons. The molecule has 4 N–H and O–H groups in total. The highest BCUT2D eigenvalue weighted by Gasteiger charge is 2.28. The van der Waals surface area contributed by atoms with Crippen LogP contribution in [0.2, 0.25) is 0 Å². The summed E-state index contributed by atoms with van der Waals surface area (Å²) in [6.07, 6.45) is 18.6. The maximum absolute atomic E-state index is 12.6. The van der Waals surface area contributed by atoms with E-state index in [2.05, 4.69) is 36.7 Å². The molecule has 15 heteroatoms. The summed E-state index contributed by atoms with van der Waals surface area (Å²) in [5.41, 5.74) is 0. The minimum atomic E-state index is -4.85. The van der Waals surface area contributed by atoms with Crippen molar-refractivity contribution < 1.29 is 61.6 Å². The zero-order valence-electron chi connectivity index (χ0n) is 31.3. The van der Waals surface area contributed by atoms with E-state index in [1.54, 1.807) is 0 Å². The Kier molecular flexibility index (Phi) is 30.0. The number of aliphatic hydroxyl groups excluding tert-OH is 1. The fourth-order valence-electron chi connectivity index (χ4n) is 5.15. The fraction of sp³-hybridized carbons (Fsp3) is 0.943. The Morgan fingerprint density at radius 1 is 0.580 bits per heavy atom. The number of ether oxygens (including phenoxy) is 2. The van der Waals surface area contributed by atoms with Crippen LogP contribution in [0.5, 0.6) is 0 Å². The number of hydrogen-bond acceptors (Lipinski definition) is 10. The SMILES string of the molecule is CCC(C)CCCCCCCCCCCCC(=O)O[C@H](COC(=O)CCCCCCCCC(C)C)COP(=O)(O)OC[C@@H](O)COP(=O)(O)O. The Morgan fingerprint density at radius 3 is 1.52 bits per heavy atom. The summed E-state index contributed by atoms with van der Waals surface area (Å²) >= 11 is 0. The van der Waals surface area contributed by atoms with Gasteiger partial charge in [-0.2, -0.15) is 0 Å².